The third kappa shape index (κ3) is 2.47. The average molecular weight is 171 g/mol. The number of hydrogen-bond donors (Lipinski definition) is 1. The highest BCUT2D eigenvalue weighted by atomic mass is 35.5. The molecular weight excluding hydrogens is 166 g/mol. The number of anilines is 1. The maximum Gasteiger partial charge on any atom is 0.454 e. The molecule has 0 bridgehead atoms. The van der Waals surface area contributed by atoms with Crippen molar-refractivity contribution in [1.82, 2.24) is 0 Å². The van der Waals surface area contributed by atoms with Crippen LogP contribution in [0.25, 0.3) is 0 Å². The zero-order valence-electron chi connectivity index (χ0n) is 5.50. The summed E-state index contributed by atoms with van der Waals surface area (Å²) in [5.74, 6) is 0. The molecule has 1 radical (unpaired) electrons. The molecular formula is C7H5ClNO2. The molecule has 0 aliphatic heterocycles. The maximum absolute atomic E-state index is 10.00. The monoisotopic (exact) mass is 170 g/mol. The fourth-order valence-corrected chi connectivity index (χ4v) is 0.777. The molecule has 0 spiro atoms. The van der Waals surface area contributed by atoms with E-state index in [1.807, 2.05) is 0 Å². The molecule has 1 aromatic rings. The van der Waals surface area contributed by atoms with Crippen LogP contribution in [0, 0.1) is 0 Å². The number of halogens is 1. The Labute approximate surface area is 68.6 Å². The van der Waals surface area contributed by atoms with Crippen molar-refractivity contribution in [1.29, 1.82) is 0 Å². The summed E-state index contributed by atoms with van der Waals surface area (Å²) < 4.78 is 0. The maximum atomic E-state index is 10.00. The van der Waals surface area contributed by atoms with Gasteiger partial charge in [0.05, 0.1) is 0 Å². The molecule has 1 amide bonds. The largest absolute Gasteiger partial charge is 0.454 e. The number of carbonyl (C=O) groups is 1. The minimum Gasteiger partial charge on any atom is -0.288 e. The first-order valence-electron chi connectivity index (χ1n) is 2.92. The van der Waals surface area contributed by atoms with Crippen molar-refractivity contribution in [2.75, 3.05) is 5.32 Å². The Hall–Kier alpha value is -1.22. The molecule has 0 heterocycles. The van der Waals surface area contributed by atoms with E-state index >= 15 is 0 Å². The lowest BCUT2D eigenvalue weighted by Crippen LogP contribution is -2.04. The summed E-state index contributed by atoms with van der Waals surface area (Å²) in [5, 5.41) is 12.6. The number of hydrogen-bond acceptors (Lipinski definition) is 1. The van der Waals surface area contributed by atoms with E-state index in [0.29, 0.717) is 10.7 Å². The smallest absolute Gasteiger partial charge is 0.288 e. The van der Waals surface area contributed by atoms with Gasteiger partial charge in [-0.2, -0.15) is 0 Å². The second kappa shape index (κ2) is 3.25. The van der Waals surface area contributed by atoms with Crippen molar-refractivity contribution in [2.45, 2.75) is 0 Å². The van der Waals surface area contributed by atoms with Crippen LogP contribution in [0.1, 0.15) is 0 Å². The zero-order chi connectivity index (χ0) is 8.27. The lowest BCUT2D eigenvalue weighted by atomic mass is 10.3. The van der Waals surface area contributed by atoms with Gasteiger partial charge in [0.15, 0.2) is 0 Å². The van der Waals surface area contributed by atoms with Gasteiger partial charge in [0.2, 0.25) is 0 Å². The summed E-state index contributed by atoms with van der Waals surface area (Å²) in [5.41, 5.74) is 0.453. The summed E-state index contributed by atoms with van der Waals surface area (Å²) >= 11 is 5.56. The SMILES string of the molecule is [O]C(=O)Nc1ccc(Cl)cc1. The van der Waals surface area contributed by atoms with Crippen LogP contribution in [-0.2, 0) is 5.11 Å². The van der Waals surface area contributed by atoms with Crippen molar-refractivity contribution < 1.29 is 9.90 Å². The predicted molar refractivity (Wildman–Crippen MR) is 41.2 cm³/mol. The highest BCUT2D eigenvalue weighted by Crippen LogP contribution is 2.12. The molecule has 4 heteroatoms. The molecule has 1 N–H and O–H groups in total. The first-order chi connectivity index (χ1) is 5.18. The highest BCUT2D eigenvalue weighted by Gasteiger charge is 1.97. The van der Waals surface area contributed by atoms with Crippen LogP contribution in [0.15, 0.2) is 24.3 Å². The number of nitrogens with one attached hydrogen (secondary N) is 1. The molecule has 0 saturated heterocycles. The Morgan fingerprint density at radius 2 is 1.82 bits per heavy atom. The van der Waals surface area contributed by atoms with Crippen molar-refractivity contribution >= 4 is 23.4 Å². The van der Waals surface area contributed by atoms with Crippen LogP contribution < -0.4 is 5.32 Å². The second-order valence-electron chi connectivity index (χ2n) is 1.92. The van der Waals surface area contributed by atoms with Gasteiger partial charge in [0, 0.05) is 10.7 Å². The van der Waals surface area contributed by atoms with Gasteiger partial charge in [-0.15, -0.1) is 0 Å². The van der Waals surface area contributed by atoms with Gasteiger partial charge in [-0.3, -0.25) is 5.32 Å². The van der Waals surface area contributed by atoms with E-state index in [9.17, 15) is 9.90 Å². The van der Waals surface area contributed by atoms with Crippen LogP contribution in [0.2, 0.25) is 5.02 Å². The van der Waals surface area contributed by atoms with Crippen LogP contribution in [-0.4, -0.2) is 6.09 Å². The molecule has 57 valence electrons. The molecule has 0 aromatic heterocycles. The van der Waals surface area contributed by atoms with Crippen molar-refractivity contribution in [2.24, 2.45) is 0 Å². The Morgan fingerprint density at radius 1 is 1.27 bits per heavy atom. The Bertz CT molecular complexity index is 258. The van der Waals surface area contributed by atoms with Gasteiger partial charge in [-0.1, -0.05) is 11.6 Å². The molecule has 1 aromatic carbocycles. The number of amides is 1. The normalized spacial score (nSPS) is 9.18. The first-order valence-corrected chi connectivity index (χ1v) is 3.30. The van der Waals surface area contributed by atoms with Crippen LogP contribution in [0.4, 0.5) is 10.5 Å². The third-order valence-corrected chi connectivity index (χ3v) is 1.34. The summed E-state index contributed by atoms with van der Waals surface area (Å²) in [7, 11) is 0. The number of rotatable bonds is 1. The molecule has 0 saturated carbocycles. The average Bonchev–Trinajstić information content (AvgIpc) is 1.93. The number of carbonyl (C=O) groups excluding carboxylic acids is 1. The fourth-order valence-electron chi connectivity index (χ4n) is 0.651. The lowest BCUT2D eigenvalue weighted by molar-refractivity contribution is 0.185. The zero-order valence-corrected chi connectivity index (χ0v) is 6.26. The van der Waals surface area contributed by atoms with Crippen molar-refractivity contribution in [3.05, 3.63) is 29.3 Å². The van der Waals surface area contributed by atoms with E-state index in [1.165, 1.54) is 0 Å². The molecule has 3 nitrogen and oxygen atoms in total. The molecule has 1 rings (SSSR count). The van der Waals surface area contributed by atoms with Crippen LogP contribution >= 0.6 is 11.6 Å². The molecule has 0 unspecified atom stereocenters. The fraction of sp³-hybridized carbons (Fsp3) is 0. The van der Waals surface area contributed by atoms with E-state index in [1.54, 1.807) is 24.3 Å². The molecule has 0 aliphatic rings. The Balaban J connectivity index is 2.74. The third-order valence-electron chi connectivity index (χ3n) is 1.09. The van der Waals surface area contributed by atoms with E-state index in [0.717, 1.165) is 0 Å². The minimum atomic E-state index is -1.33. The van der Waals surface area contributed by atoms with Gasteiger partial charge < -0.3 is 0 Å². The van der Waals surface area contributed by atoms with E-state index in [4.69, 9.17) is 11.6 Å². The topological polar surface area (TPSA) is 49.0 Å². The summed E-state index contributed by atoms with van der Waals surface area (Å²) in [6, 6.07) is 6.29. The lowest BCUT2D eigenvalue weighted by Gasteiger charge is -1.96. The first kappa shape index (κ1) is 7.88. The van der Waals surface area contributed by atoms with E-state index in [2.05, 4.69) is 5.32 Å². The molecule has 11 heavy (non-hydrogen) atoms. The summed E-state index contributed by atoms with van der Waals surface area (Å²) in [6.45, 7) is 0. The van der Waals surface area contributed by atoms with Gasteiger partial charge in [0.25, 0.3) is 0 Å². The highest BCUT2D eigenvalue weighted by molar-refractivity contribution is 6.30. The molecule has 0 fully saturated rings. The summed E-state index contributed by atoms with van der Waals surface area (Å²) in [4.78, 5) is 10.00. The standard InChI is InChI=1S/C7H5ClNO2/c8-5-1-3-6(4-2-5)9-7(10)11/h1-4,9H. The predicted octanol–water partition coefficient (Wildman–Crippen LogP) is 2.30. The van der Waals surface area contributed by atoms with Crippen molar-refractivity contribution in [3.63, 3.8) is 0 Å². The van der Waals surface area contributed by atoms with E-state index < -0.39 is 6.09 Å². The quantitative estimate of drug-likeness (QED) is 0.691. The van der Waals surface area contributed by atoms with Crippen LogP contribution in [0.3, 0.4) is 0 Å². The van der Waals surface area contributed by atoms with Gasteiger partial charge in [0.1, 0.15) is 0 Å². The molecule has 0 aliphatic carbocycles. The van der Waals surface area contributed by atoms with E-state index in [-0.39, 0.29) is 0 Å². The van der Waals surface area contributed by atoms with Gasteiger partial charge in [-0.25, -0.2) is 9.90 Å². The van der Waals surface area contributed by atoms with Gasteiger partial charge >= 0.3 is 6.09 Å². The Kier molecular flexibility index (Phi) is 2.33. The van der Waals surface area contributed by atoms with Gasteiger partial charge in [-0.05, 0) is 24.3 Å². The summed E-state index contributed by atoms with van der Waals surface area (Å²) in [6.07, 6.45) is -1.33. The minimum absolute atomic E-state index is 0.453. The van der Waals surface area contributed by atoms with Crippen molar-refractivity contribution in [3.8, 4) is 0 Å². The number of benzene rings is 1. The Morgan fingerprint density at radius 3 is 2.27 bits per heavy atom. The van der Waals surface area contributed by atoms with Crippen LogP contribution in [0.5, 0.6) is 0 Å². The molecule has 0 atom stereocenters. The second-order valence-corrected chi connectivity index (χ2v) is 2.36.